The van der Waals surface area contributed by atoms with Gasteiger partial charge in [0.05, 0.1) is 11.4 Å². The third-order valence-corrected chi connectivity index (χ3v) is 5.07. The fraction of sp³-hybridized carbons (Fsp3) is 0.190. The van der Waals surface area contributed by atoms with Crippen molar-refractivity contribution >= 4 is 29.3 Å². The highest BCUT2D eigenvalue weighted by Crippen LogP contribution is 2.22. The Morgan fingerprint density at radius 1 is 1.07 bits per heavy atom. The molecule has 27 heavy (non-hydrogen) atoms. The predicted octanol–water partition coefficient (Wildman–Crippen LogP) is 4.86. The monoisotopic (exact) mass is 397 g/mol. The third-order valence-electron chi connectivity index (χ3n) is 3.99. The maximum atomic E-state index is 12.5. The Balaban J connectivity index is 1.63. The van der Waals surface area contributed by atoms with E-state index in [1.807, 2.05) is 67.6 Å². The number of rotatable bonds is 6. The summed E-state index contributed by atoms with van der Waals surface area (Å²) in [6.07, 6.45) is 0. The second-order valence-corrected chi connectivity index (χ2v) is 7.59. The summed E-state index contributed by atoms with van der Waals surface area (Å²) < 4.78 is 0. The first-order chi connectivity index (χ1) is 13.0. The van der Waals surface area contributed by atoms with Crippen molar-refractivity contribution in [1.82, 2.24) is 14.9 Å². The van der Waals surface area contributed by atoms with E-state index >= 15 is 0 Å². The lowest BCUT2D eigenvalue weighted by Gasteiger charge is -2.17. The quantitative estimate of drug-likeness (QED) is 0.440. The highest BCUT2D eigenvalue weighted by atomic mass is 35.5. The fourth-order valence-corrected chi connectivity index (χ4v) is 3.52. The van der Waals surface area contributed by atoms with Crippen molar-refractivity contribution in [1.29, 1.82) is 0 Å². The zero-order valence-corrected chi connectivity index (χ0v) is 16.8. The molecule has 0 N–H and O–H groups in total. The van der Waals surface area contributed by atoms with Crippen molar-refractivity contribution in [2.24, 2.45) is 0 Å². The summed E-state index contributed by atoms with van der Waals surface area (Å²) in [6.45, 7) is 2.48. The van der Waals surface area contributed by atoms with Gasteiger partial charge in [0.25, 0.3) is 0 Å². The van der Waals surface area contributed by atoms with Gasteiger partial charge in [-0.1, -0.05) is 65.8 Å². The molecule has 0 aliphatic heterocycles. The second-order valence-electron chi connectivity index (χ2n) is 6.21. The molecular weight excluding hydrogens is 378 g/mol. The Labute approximate surface area is 168 Å². The van der Waals surface area contributed by atoms with Crippen LogP contribution in [0.3, 0.4) is 0 Å². The van der Waals surface area contributed by atoms with E-state index in [4.69, 9.17) is 11.6 Å². The Morgan fingerprint density at radius 2 is 1.78 bits per heavy atom. The summed E-state index contributed by atoms with van der Waals surface area (Å²) in [5.74, 6) is 0.322. The van der Waals surface area contributed by atoms with E-state index in [1.165, 1.54) is 11.8 Å². The van der Waals surface area contributed by atoms with Crippen LogP contribution in [0.4, 0.5) is 0 Å². The minimum atomic E-state index is 0.0290. The Hall–Kier alpha value is -2.37. The Bertz CT molecular complexity index is 916. The number of hydrogen-bond donors (Lipinski definition) is 0. The molecule has 0 radical (unpaired) electrons. The van der Waals surface area contributed by atoms with Crippen LogP contribution >= 0.6 is 23.4 Å². The minimum absolute atomic E-state index is 0.0290. The molecule has 0 aliphatic rings. The molecule has 0 aliphatic carbocycles. The van der Waals surface area contributed by atoms with Gasteiger partial charge in [-0.05, 0) is 30.7 Å². The third kappa shape index (κ3) is 5.55. The van der Waals surface area contributed by atoms with Gasteiger partial charge in [-0.2, -0.15) is 0 Å². The van der Waals surface area contributed by atoms with E-state index in [9.17, 15) is 4.79 Å². The number of halogens is 1. The molecule has 1 amide bonds. The molecule has 4 nitrogen and oxygen atoms in total. The summed E-state index contributed by atoms with van der Waals surface area (Å²) in [6, 6.07) is 19.4. The summed E-state index contributed by atoms with van der Waals surface area (Å²) in [4.78, 5) is 23.2. The zero-order chi connectivity index (χ0) is 19.2. The fourth-order valence-electron chi connectivity index (χ4n) is 2.55. The van der Waals surface area contributed by atoms with Crippen molar-refractivity contribution in [3.63, 3.8) is 0 Å². The van der Waals surface area contributed by atoms with Gasteiger partial charge >= 0.3 is 0 Å². The zero-order valence-electron chi connectivity index (χ0n) is 15.2. The first-order valence-corrected chi connectivity index (χ1v) is 9.90. The van der Waals surface area contributed by atoms with Crippen LogP contribution in [0.15, 0.2) is 65.8 Å². The average molecular weight is 398 g/mol. The molecule has 2 aromatic carbocycles. The number of aromatic nitrogens is 2. The summed E-state index contributed by atoms with van der Waals surface area (Å²) in [5, 5.41) is 1.30. The molecule has 3 rings (SSSR count). The highest BCUT2D eigenvalue weighted by molar-refractivity contribution is 7.99. The number of thioether (sulfide) groups is 1. The summed E-state index contributed by atoms with van der Waals surface area (Å²) in [7, 11) is 1.80. The molecule has 6 heteroatoms. The smallest absolute Gasteiger partial charge is 0.233 e. The topological polar surface area (TPSA) is 46.1 Å². The molecule has 0 saturated heterocycles. The average Bonchev–Trinajstić information content (AvgIpc) is 2.68. The van der Waals surface area contributed by atoms with E-state index in [2.05, 4.69) is 9.97 Å². The summed E-state index contributed by atoms with van der Waals surface area (Å²) in [5.41, 5.74) is 3.83. The molecule has 0 fully saturated rings. The molecule has 138 valence electrons. The number of aryl methyl sites for hydroxylation is 1. The first kappa shape index (κ1) is 19.4. The van der Waals surface area contributed by atoms with Gasteiger partial charge in [0.1, 0.15) is 0 Å². The molecule has 1 heterocycles. The molecule has 0 atom stereocenters. The van der Waals surface area contributed by atoms with Gasteiger partial charge in [0.15, 0.2) is 5.16 Å². The van der Waals surface area contributed by atoms with Gasteiger partial charge < -0.3 is 4.90 Å². The van der Waals surface area contributed by atoms with Crippen LogP contribution in [0.2, 0.25) is 5.02 Å². The van der Waals surface area contributed by atoms with Crippen molar-refractivity contribution < 1.29 is 4.79 Å². The van der Waals surface area contributed by atoms with E-state index in [0.29, 0.717) is 22.5 Å². The Morgan fingerprint density at radius 3 is 2.48 bits per heavy atom. The van der Waals surface area contributed by atoms with Crippen LogP contribution in [-0.4, -0.2) is 33.6 Å². The number of benzene rings is 2. The summed E-state index contributed by atoms with van der Waals surface area (Å²) >= 11 is 7.26. The number of nitrogens with zero attached hydrogens (tertiary/aromatic N) is 3. The molecule has 3 aromatic rings. The number of carbonyl (C=O) groups excluding carboxylic acids is 1. The van der Waals surface area contributed by atoms with Gasteiger partial charge in [0.2, 0.25) is 5.91 Å². The lowest BCUT2D eigenvalue weighted by atomic mass is 10.1. The molecule has 0 spiro atoms. The van der Waals surface area contributed by atoms with Crippen molar-refractivity contribution in [2.75, 3.05) is 12.8 Å². The molecule has 0 saturated carbocycles. The second kappa shape index (κ2) is 9.02. The van der Waals surface area contributed by atoms with Crippen LogP contribution in [0.25, 0.3) is 11.3 Å². The van der Waals surface area contributed by atoms with Crippen LogP contribution in [-0.2, 0) is 11.3 Å². The maximum Gasteiger partial charge on any atom is 0.233 e. The maximum absolute atomic E-state index is 12.5. The van der Waals surface area contributed by atoms with Crippen LogP contribution in [0.1, 0.15) is 11.3 Å². The lowest BCUT2D eigenvalue weighted by Crippen LogP contribution is -2.27. The molecular formula is C21H20ClN3OS. The predicted molar refractivity (Wildman–Crippen MR) is 111 cm³/mol. The van der Waals surface area contributed by atoms with Crippen molar-refractivity contribution in [3.05, 3.63) is 76.9 Å². The van der Waals surface area contributed by atoms with Gasteiger partial charge in [-0.3, -0.25) is 4.79 Å². The van der Waals surface area contributed by atoms with Crippen molar-refractivity contribution in [3.8, 4) is 11.3 Å². The van der Waals surface area contributed by atoms with Gasteiger partial charge in [-0.25, -0.2) is 9.97 Å². The van der Waals surface area contributed by atoms with E-state index in [1.54, 1.807) is 11.9 Å². The largest absolute Gasteiger partial charge is 0.341 e. The van der Waals surface area contributed by atoms with Gasteiger partial charge in [-0.15, -0.1) is 0 Å². The van der Waals surface area contributed by atoms with E-state index in [-0.39, 0.29) is 5.91 Å². The van der Waals surface area contributed by atoms with Crippen LogP contribution < -0.4 is 0 Å². The standard InChI is InChI=1S/C21H20ClN3OS/c1-15-12-19(17-6-4-3-5-7-17)24-21(23-15)27-14-20(26)25(2)13-16-8-10-18(22)11-9-16/h3-12H,13-14H2,1-2H3. The number of amides is 1. The van der Waals surface area contributed by atoms with Gasteiger partial charge in [0, 0.05) is 29.9 Å². The Kier molecular flexibility index (Phi) is 6.48. The first-order valence-electron chi connectivity index (χ1n) is 8.53. The van der Waals surface area contributed by atoms with E-state index < -0.39 is 0 Å². The molecule has 1 aromatic heterocycles. The van der Waals surface area contributed by atoms with Crippen LogP contribution in [0.5, 0.6) is 0 Å². The number of hydrogen-bond acceptors (Lipinski definition) is 4. The SMILES string of the molecule is Cc1cc(-c2ccccc2)nc(SCC(=O)N(C)Cc2ccc(Cl)cc2)n1. The minimum Gasteiger partial charge on any atom is -0.341 e. The lowest BCUT2D eigenvalue weighted by molar-refractivity contribution is -0.127. The number of carbonyl (C=O) groups is 1. The molecule has 0 unspecified atom stereocenters. The normalized spacial score (nSPS) is 10.6. The van der Waals surface area contributed by atoms with E-state index in [0.717, 1.165) is 22.5 Å². The molecule has 0 bridgehead atoms. The van der Waals surface area contributed by atoms with Crippen molar-refractivity contribution in [2.45, 2.75) is 18.6 Å². The van der Waals surface area contributed by atoms with Crippen LogP contribution in [0, 0.1) is 6.92 Å². The highest BCUT2D eigenvalue weighted by Gasteiger charge is 2.12.